The van der Waals surface area contributed by atoms with Gasteiger partial charge in [0.1, 0.15) is 6.29 Å². The number of hydrogen-bond donors (Lipinski definition) is 0. The third kappa shape index (κ3) is 9.67. The van der Waals surface area contributed by atoms with Crippen molar-refractivity contribution in [3.63, 3.8) is 0 Å². The Bertz CT molecular complexity index is 417. The molecule has 0 bridgehead atoms. The lowest BCUT2D eigenvalue weighted by Gasteiger charge is -2.38. The Morgan fingerprint density at radius 3 is 2.30 bits per heavy atom. The fraction of sp³-hybridized carbons (Fsp3) is 0.684. The van der Waals surface area contributed by atoms with Gasteiger partial charge in [-0.1, -0.05) is 45.9 Å². The van der Waals surface area contributed by atoms with E-state index in [0.717, 1.165) is 19.1 Å². The van der Waals surface area contributed by atoms with Crippen LogP contribution in [-0.2, 0) is 14.0 Å². The molecule has 0 aliphatic carbocycles. The average molecular weight is 339 g/mol. The fourth-order valence-electron chi connectivity index (χ4n) is 1.75. The first-order chi connectivity index (χ1) is 10.6. The van der Waals surface area contributed by atoms with E-state index < -0.39 is 8.32 Å². The second-order valence-corrected chi connectivity index (χ2v) is 12.2. The Morgan fingerprint density at radius 2 is 1.78 bits per heavy atom. The van der Waals surface area contributed by atoms with Crippen molar-refractivity contribution < 1.29 is 14.0 Å². The summed E-state index contributed by atoms with van der Waals surface area (Å²) in [4.78, 5) is 21.8. The van der Waals surface area contributed by atoms with Gasteiger partial charge in [-0.05, 0) is 43.5 Å². The highest BCUT2D eigenvalue weighted by Gasteiger charge is 2.38. The van der Waals surface area contributed by atoms with E-state index in [9.17, 15) is 9.59 Å². The van der Waals surface area contributed by atoms with Gasteiger partial charge in [0, 0.05) is 12.8 Å². The van der Waals surface area contributed by atoms with Gasteiger partial charge >= 0.3 is 0 Å². The summed E-state index contributed by atoms with van der Waals surface area (Å²) < 4.78 is 6.37. The third-order valence-electron chi connectivity index (χ3n) is 4.32. The summed E-state index contributed by atoms with van der Waals surface area (Å²) in [6.45, 7) is 13.4. The Balaban J connectivity index is 4.29. The van der Waals surface area contributed by atoms with E-state index in [0.29, 0.717) is 19.3 Å². The van der Waals surface area contributed by atoms with Crippen LogP contribution >= 0.6 is 0 Å². The second-order valence-electron chi connectivity index (χ2n) is 7.40. The van der Waals surface area contributed by atoms with Crippen LogP contribution in [0.25, 0.3) is 0 Å². The Morgan fingerprint density at radius 1 is 1.13 bits per heavy atom. The lowest BCUT2D eigenvalue weighted by molar-refractivity contribution is -0.114. The number of unbranched alkanes of at least 4 members (excludes halogenated alkanes) is 1. The van der Waals surface area contributed by atoms with Crippen molar-refractivity contribution in [1.82, 2.24) is 0 Å². The first-order valence-electron chi connectivity index (χ1n) is 8.61. The lowest BCUT2D eigenvalue weighted by Crippen LogP contribution is -2.43. The maximum atomic E-state index is 11.6. The molecule has 0 saturated heterocycles. The summed E-state index contributed by atoms with van der Waals surface area (Å²) in [5.41, 5.74) is 0. The first-order valence-corrected chi connectivity index (χ1v) is 11.5. The van der Waals surface area contributed by atoms with Gasteiger partial charge < -0.3 is 9.22 Å². The van der Waals surface area contributed by atoms with Gasteiger partial charge in [0.05, 0.1) is 6.10 Å². The number of ketones is 1. The highest BCUT2D eigenvalue weighted by atomic mass is 28.4. The number of carbonyl (C=O) groups excluding carboxylic acids is 2. The summed E-state index contributed by atoms with van der Waals surface area (Å²) in [7, 11) is -1.75. The van der Waals surface area contributed by atoms with E-state index in [4.69, 9.17) is 4.43 Å². The number of hydrogen-bond acceptors (Lipinski definition) is 3. The SMILES string of the molecule is CC[C@@H](/C=C\CCC(=O)/C=C/CCC=O)O[Si](C)(C)C(C)(C)C. The standard InChI is InChI=1S/C19H34O3Si/c1-7-18(22-23(5,6)19(2,3)4)15-11-10-14-17(21)13-9-8-12-16-20/h9,11,13,15-16,18H,7-8,10,12,14H2,1-6H3/b13-9+,15-11-/t18-/m0/s1. The minimum Gasteiger partial charge on any atom is -0.411 e. The predicted molar refractivity (Wildman–Crippen MR) is 100 cm³/mol. The molecule has 0 aromatic heterocycles. The van der Waals surface area contributed by atoms with Crippen molar-refractivity contribution in [2.45, 2.75) is 84.0 Å². The Kier molecular flexibility index (Phi) is 10.2. The van der Waals surface area contributed by atoms with E-state index in [1.807, 2.05) is 0 Å². The maximum absolute atomic E-state index is 11.6. The fourth-order valence-corrected chi connectivity index (χ4v) is 3.11. The molecular weight excluding hydrogens is 304 g/mol. The molecule has 0 heterocycles. The molecule has 0 aromatic rings. The van der Waals surface area contributed by atoms with Gasteiger partial charge in [-0.15, -0.1) is 0 Å². The molecule has 0 radical (unpaired) electrons. The van der Waals surface area contributed by atoms with Gasteiger partial charge in [-0.3, -0.25) is 4.79 Å². The molecule has 3 nitrogen and oxygen atoms in total. The van der Waals surface area contributed by atoms with Gasteiger partial charge in [0.2, 0.25) is 0 Å². The topological polar surface area (TPSA) is 43.4 Å². The molecule has 0 rings (SSSR count). The summed E-state index contributed by atoms with van der Waals surface area (Å²) in [6.07, 6.45) is 11.8. The van der Waals surface area contributed by atoms with E-state index in [2.05, 4.69) is 52.9 Å². The van der Waals surface area contributed by atoms with Crippen molar-refractivity contribution in [2.75, 3.05) is 0 Å². The molecule has 1 atom stereocenters. The molecule has 0 aliphatic rings. The molecule has 0 aliphatic heterocycles. The highest BCUT2D eigenvalue weighted by molar-refractivity contribution is 6.74. The maximum Gasteiger partial charge on any atom is 0.192 e. The Hall–Kier alpha value is -1.00. The van der Waals surface area contributed by atoms with Gasteiger partial charge in [-0.25, -0.2) is 0 Å². The van der Waals surface area contributed by atoms with Crippen molar-refractivity contribution in [2.24, 2.45) is 0 Å². The molecule has 0 N–H and O–H groups in total. The molecule has 0 spiro atoms. The highest BCUT2D eigenvalue weighted by Crippen LogP contribution is 2.37. The minimum absolute atomic E-state index is 0.110. The van der Waals surface area contributed by atoms with Crippen LogP contribution in [0.3, 0.4) is 0 Å². The van der Waals surface area contributed by atoms with E-state index in [1.165, 1.54) is 0 Å². The number of rotatable bonds is 11. The lowest BCUT2D eigenvalue weighted by atomic mass is 10.1. The normalized spacial score (nSPS) is 14.5. The van der Waals surface area contributed by atoms with Crippen LogP contribution in [0, 0.1) is 0 Å². The van der Waals surface area contributed by atoms with Crippen LogP contribution in [0.5, 0.6) is 0 Å². The van der Waals surface area contributed by atoms with Crippen LogP contribution in [0.15, 0.2) is 24.3 Å². The van der Waals surface area contributed by atoms with Gasteiger partial charge in [-0.2, -0.15) is 0 Å². The largest absolute Gasteiger partial charge is 0.411 e. The van der Waals surface area contributed by atoms with Crippen LogP contribution in [0.4, 0.5) is 0 Å². The van der Waals surface area contributed by atoms with Crippen molar-refractivity contribution in [3.05, 3.63) is 24.3 Å². The molecule has 23 heavy (non-hydrogen) atoms. The number of aldehydes is 1. The van der Waals surface area contributed by atoms with Crippen molar-refractivity contribution in [3.8, 4) is 0 Å². The first kappa shape index (κ1) is 22.0. The molecule has 4 heteroatoms. The predicted octanol–water partition coefficient (Wildman–Crippen LogP) is 5.23. The summed E-state index contributed by atoms with van der Waals surface area (Å²) in [6, 6.07) is 0. The molecule has 0 unspecified atom stereocenters. The average Bonchev–Trinajstić information content (AvgIpc) is 2.45. The summed E-state index contributed by atoms with van der Waals surface area (Å²) >= 11 is 0. The monoisotopic (exact) mass is 338 g/mol. The van der Waals surface area contributed by atoms with E-state index in [1.54, 1.807) is 12.2 Å². The van der Waals surface area contributed by atoms with E-state index in [-0.39, 0.29) is 16.9 Å². The van der Waals surface area contributed by atoms with Crippen LogP contribution in [-0.4, -0.2) is 26.5 Å². The van der Waals surface area contributed by atoms with Crippen LogP contribution < -0.4 is 0 Å². The molecule has 132 valence electrons. The zero-order valence-electron chi connectivity index (χ0n) is 15.7. The molecule has 0 aromatic carbocycles. The van der Waals surface area contributed by atoms with Gasteiger partial charge in [0.25, 0.3) is 0 Å². The third-order valence-corrected chi connectivity index (χ3v) is 8.82. The van der Waals surface area contributed by atoms with Crippen molar-refractivity contribution >= 4 is 20.4 Å². The molecule has 0 saturated carbocycles. The summed E-state index contributed by atoms with van der Waals surface area (Å²) in [5, 5.41) is 0.205. The smallest absolute Gasteiger partial charge is 0.192 e. The van der Waals surface area contributed by atoms with Crippen LogP contribution in [0.1, 0.15) is 59.8 Å². The number of allylic oxidation sites excluding steroid dienone is 3. The molecule has 0 fully saturated rings. The Labute approximate surface area is 143 Å². The molecular formula is C19H34O3Si. The summed E-state index contributed by atoms with van der Waals surface area (Å²) in [5.74, 6) is 0.110. The number of carbonyl (C=O) groups is 2. The zero-order valence-corrected chi connectivity index (χ0v) is 16.7. The van der Waals surface area contributed by atoms with Gasteiger partial charge in [0.15, 0.2) is 14.1 Å². The van der Waals surface area contributed by atoms with Crippen molar-refractivity contribution in [1.29, 1.82) is 0 Å². The second kappa shape index (κ2) is 10.7. The van der Waals surface area contributed by atoms with Crippen LogP contribution in [0.2, 0.25) is 18.1 Å². The minimum atomic E-state index is -1.75. The zero-order chi connectivity index (χ0) is 17.9. The van der Waals surface area contributed by atoms with E-state index >= 15 is 0 Å². The quantitative estimate of drug-likeness (QED) is 0.170. The molecule has 0 amide bonds.